The van der Waals surface area contributed by atoms with Crippen LogP contribution in [0.5, 0.6) is 0 Å². The predicted molar refractivity (Wildman–Crippen MR) is 83.8 cm³/mol. The maximum Gasteiger partial charge on any atom is 0.331 e. The van der Waals surface area contributed by atoms with Crippen LogP contribution in [-0.4, -0.2) is 31.3 Å². The lowest BCUT2D eigenvalue weighted by Crippen LogP contribution is -2.29. The summed E-state index contributed by atoms with van der Waals surface area (Å²) in [4.78, 5) is 22.6. The smallest absolute Gasteiger partial charge is 0.331 e. The van der Waals surface area contributed by atoms with E-state index in [9.17, 15) is 14.7 Å². The first kappa shape index (κ1) is 16.5. The molecule has 1 N–H and O–H groups in total. The molecule has 6 heteroatoms. The third-order valence-electron chi connectivity index (χ3n) is 3.38. The Labute approximate surface area is 136 Å². The lowest BCUT2D eigenvalue weighted by molar-refractivity contribution is -0.132. The van der Waals surface area contributed by atoms with Crippen LogP contribution in [0.3, 0.4) is 0 Å². The van der Waals surface area contributed by atoms with Crippen molar-refractivity contribution < 1.29 is 24.2 Å². The number of halogens is 1. The van der Waals surface area contributed by atoms with Crippen LogP contribution < -0.4 is 0 Å². The minimum Gasteiger partial charge on any atom is -0.478 e. The molecule has 0 saturated carbocycles. The Morgan fingerprint density at radius 2 is 2.14 bits per heavy atom. The van der Waals surface area contributed by atoms with E-state index < -0.39 is 10.3 Å². The molecule has 0 saturated heterocycles. The van der Waals surface area contributed by atoms with Crippen molar-refractivity contribution in [1.82, 2.24) is 0 Å². The SMILES string of the molecule is COCOC1=CC=C(C(=O)O)CC1(Br)c1ccccc1C=O. The Kier molecular flexibility index (Phi) is 5.15. The fourth-order valence-corrected chi connectivity index (χ4v) is 3.25. The average molecular weight is 367 g/mol. The number of benzene rings is 1. The number of ether oxygens (including phenoxy) is 2. The standard InChI is InChI=1S/C16H15BrO5/c1-21-10-22-14-7-6-11(15(19)20)8-16(14,17)13-5-3-2-4-12(13)9-18/h2-7,9H,8,10H2,1H3,(H,19,20). The Morgan fingerprint density at radius 3 is 2.77 bits per heavy atom. The maximum atomic E-state index is 11.3. The molecule has 1 aliphatic rings. The molecule has 2 rings (SSSR count). The third-order valence-corrected chi connectivity index (χ3v) is 4.48. The lowest BCUT2D eigenvalue weighted by Gasteiger charge is -2.33. The van der Waals surface area contributed by atoms with E-state index in [1.165, 1.54) is 13.2 Å². The maximum absolute atomic E-state index is 11.3. The highest BCUT2D eigenvalue weighted by Gasteiger charge is 2.40. The number of aliphatic carboxylic acids is 1. The minimum atomic E-state index is -1.01. The van der Waals surface area contributed by atoms with Crippen molar-refractivity contribution in [3.63, 3.8) is 0 Å². The molecule has 5 nitrogen and oxygen atoms in total. The average Bonchev–Trinajstić information content (AvgIpc) is 2.53. The summed E-state index contributed by atoms with van der Waals surface area (Å²) in [5.74, 6) is -0.511. The zero-order valence-corrected chi connectivity index (χ0v) is 13.5. The molecule has 0 heterocycles. The molecule has 0 aliphatic heterocycles. The van der Waals surface area contributed by atoms with E-state index >= 15 is 0 Å². The number of rotatable bonds is 6. The van der Waals surface area contributed by atoms with Crippen LogP contribution in [-0.2, 0) is 18.6 Å². The Morgan fingerprint density at radius 1 is 1.41 bits per heavy atom. The van der Waals surface area contributed by atoms with Gasteiger partial charge in [-0.15, -0.1) is 0 Å². The molecule has 0 spiro atoms. The van der Waals surface area contributed by atoms with E-state index in [4.69, 9.17) is 9.47 Å². The van der Waals surface area contributed by atoms with Gasteiger partial charge in [0.2, 0.25) is 0 Å². The molecule has 116 valence electrons. The number of aldehydes is 1. The summed E-state index contributed by atoms with van der Waals surface area (Å²) in [6.07, 6.45) is 3.98. The van der Waals surface area contributed by atoms with Gasteiger partial charge in [0.15, 0.2) is 6.79 Å². The van der Waals surface area contributed by atoms with Crippen LogP contribution in [0.1, 0.15) is 22.3 Å². The number of methoxy groups -OCH3 is 1. The highest BCUT2D eigenvalue weighted by molar-refractivity contribution is 9.09. The van der Waals surface area contributed by atoms with Gasteiger partial charge in [-0.05, 0) is 17.7 Å². The van der Waals surface area contributed by atoms with Crippen LogP contribution in [0, 0.1) is 0 Å². The van der Waals surface area contributed by atoms with Crippen molar-refractivity contribution in [2.24, 2.45) is 0 Å². The summed E-state index contributed by atoms with van der Waals surface area (Å²) in [5.41, 5.74) is 1.35. The molecule has 22 heavy (non-hydrogen) atoms. The predicted octanol–water partition coefficient (Wildman–Crippen LogP) is 3.01. The van der Waals surface area contributed by atoms with Crippen LogP contribution in [0.2, 0.25) is 0 Å². The largest absolute Gasteiger partial charge is 0.478 e. The minimum absolute atomic E-state index is 0.0265. The van der Waals surface area contributed by atoms with Gasteiger partial charge in [-0.25, -0.2) is 4.79 Å². The number of carboxylic acid groups (broad SMARTS) is 1. The van der Waals surface area contributed by atoms with Gasteiger partial charge in [0.25, 0.3) is 0 Å². The quantitative estimate of drug-likeness (QED) is 0.475. The zero-order valence-electron chi connectivity index (χ0n) is 11.9. The number of hydrogen-bond donors (Lipinski definition) is 1. The van der Waals surface area contributed by atoms with E-state index in [1.54, 1.807) is 30.3 Å². The van der Waals surface area contributed by atoms with Crippen molar-refractivity contribution in [1.29, 1.82) is 0 Å². The van der Waals surface area contributed by atoms with Crippen LogP contribution in [0.15, 0.2) is 47.7 Å². The molecular weight excluding hydrogens is 352 g/mol. The number of hydrogen-bond acceptors (Lipinski definition) is 4. The van der Waals surface area contributed by atoms with Gasteiger partial charge in [0.05, 0.1) is 0 Å². The van der Waals surface area contributed by atoms with Crippen LogP contribution in [0.25, 0.3) is 0 Å². The highest BCUT2D eigenvalue weighted by atomic mass is 79.9. The van der Waals surface area contributed by atoms with E-state index in [0.717, 1.165) is 6.29 Å². The first-order chi connectivity index (χ1) is 10.5. The van der Waals surface area contributed by atoms with Gasteiger partial charge >= 0.3 is 5.97 Å². The second-order valence-electron chi connectivity index (χ2n) is 4.76. The molecule has 1 aliphatic carbocycles. The molecule has 0 amide bonds. The summed E-state index contributed by atoms with van der Waals surface area (Å²) in [5, 5.41) is 9.25. The van der Waals surface area contributed by atoms with Crippen molar-refractivity contribution in [2.45, 2.75) is 10.7 Å². The van der Waals surface area contributed by atoms with Gasteiger partial charge < -0.3 is 14.6 Å². The van der Waals surface area contributed by atoms with Gasteiger partial charge in [-0.2, -0.15) is 0 Å². The third kappa shape index (κ3) is 3.13. The number of carbonyl (C=O) groups is 2. The molecule has 0 aromatic heterocycles. The van der Waals surface area contributed by atoms with Gasteiger partial charge in [0, 0.05) is 24.7 Å². The Balaban J connectivity index is 2.52. The first-order valence-corrected chi connectivity index (χ1v) is 7.32. The van der Waals surface area contributed by atoms with Crippen molar-refractivity contribution in [3.05, 3.63) is 58.9 Å². The van der Waals surface area contributed by atoms with E-state index in [0.29, 0.717) is 16.9 Å². The molecule has 1 atom stereocenters. The normalized spacial score (nSPS) is 20.8. The van der Waals surface area contributed by atoms with Crippen LogP contribution in [0.4, 0.5) is 0 Å². The number of allylic oxidation sites excluding steroid dienone is 3. The second-order valence-corrected chi connectivity index (χ2v) is 6.12. The van der Waals surface area contributed by atoms with E-state index in [1.807, 2.05) is 0 Å². The van der Waals surface area contributed by atoms with Gasteiger partial charge in [-0.1, -0.05) is 40.2 Å². The molecule has 1 aromatic carbocycles. The summed E-state index contributed by atoms with van der Waals surface area (Å²) in [6, 6.07) is 6.99. The number of carboxylic acids is 1. The van der Waals surface area contributed by atoms with Gasteiger partial charge in [-0.3, -0.25) is 4.79 Å². The Hall–Kier alpha value is -1.92. The van der Waals surface area contributed by atoms with Gasteiger partial charge in [0.1, 0.15) is 16.4 Å². The topological polar surface area (TPSA) is 72.8 Å². The molecule has 1 unspecified atom stereocenters. The molecular formula is C16H15BrO5. The van der Waals surface area contributed by atoms with E-state index in [2.05, 4.69) is 15.9 Å². The number of carbonyl (C=O) groups excluding carboxylic acids is 1. The second kappa shape index (κ2) is 6.89. The molecule has 0 fully saturated rings. The summed E-state index contributed by atoms with van der Waals surface area (Å²) in [6.45, 7) is 0.0265. The fourth-order valence-electron chi connectivity index (χ4n) is 2.34. The summed E-state index contributed by atoms with van der Waals surface area (Å²) >= 11 is 3.59. The van der Waals surface area contributed by atoms with Crippen LogP contribution >= 0.6 is 15.9 Å². The molecule has 0 bridgehead atoms. The molecule has 0 radical (unpaired) electrons. The first-order valence-electron chi connectivity index (χ1n) is 6.53. The molecule has 1 aromatic rings. The van der Waals surface area contributed by atoms with Crippen molar-refractivity contribution in [3.8, 4) is 0 Å². The monoisotopic (exact) mass is 366 g/mol. The van der Waals surface area contributed by atoms with Crippen molar-refractivity contribution >= 4 is 28.2 Å². The summed E-state index contributed by atoms with van der Waals surface area (Å²) in [7, 11) is 1.50. The lowest BCUT2D eigenvalue weighted by atomic mass is 9.84. The van der Waals surface area contributed by atoms with E-state index in [-0.39, 0.29) is 18.8 Å². The zero-order chi connectivity index (χ0) is 16.2. The Bertz CT molecular complexity index is 650. The highest BCUT2D eigenvalue weighted by Crippen LogP contribution is 2.47. The summed E-state index contributed by atoms with van der Waals surface area (Å²) < 4.78 is 9.56. The fraction of sp³-hybridized carbons (Fsp3) is 0.250. The number of alkyl halides is 1. The van der Waals surface area contributed by atoms with Crippen molar-refractivity contribution in [2.75, 3.05) is 13.9 Å².